The fourth-order valence-corrected chi connectivity index (χ4v) is 4.20. The van der Waals surface area contributed by atoms with Crippen LogP contribution in [0.1, 0.15) is 34.8 Å². The predicted molar refractivity (Wildman–Crippen MR) is 108 cm³/mol. The van der Waals surface area contributed by atoms with Crippen molar-refractivity contribution in [2.45, 2.75) is 40.7 Å². The number of hydrogen-bond donors (Lipinski definition) is 1. The molecule has 0 aliphatic rings. The number of rotatable bonds is 3. The molecule has 0 fully saturated rings. The van der Waals surface area contributed by atoms with E-state index in [0.717, 1.165) is 20.8 Å². The Balaban J connectivity index is 2.03. The lowest BCUT2D eigenvalue weighted by Gasteiger charge is -2.18. The molecule has 3 aromatic rings. The van der Waals surface area contributed by atoms with Crippen LogP contribution in [-0.2, 0) is 4.79 Å². The van der Waals surface area contributed by atoms with E-state index >= 15 is 0 Å². The minimum atomic E-state index is -0.697. The van der Waals surface area contributed by atoms with E-state index in [1.807, 2.05) is 20.8 Å². The lowest BCUT2D eigenvalue weighted by atomic mass is 10.2. The quantitative estimate of drug-likeness (QED) is 0.714. The van der Waals surface area contributed by atoms with Crippen molar-refractivity contribution < 1.29 is 4.79 Å². The Labute approximate surface area is 160 Å². The van der Waals surface area contributed by atoms with E-state index in [2.05, 4.69) is 10.3 Å². The second-order valence-corrected chi connectivity index (χ2v) is 7.99. The number of aromatic nitrogens is 2. The molecular formula is C19H20ClN3O2S. The zero-order chi connectivity index (χ0) is 19.2. The molecule has 2 heterocycles. The number of anilines is 1. The first-order valence-corrected chi connectivity index (χ1v) is 9.46. The summed E-state index contributed by atoms with van der Waals surface area (Å²) < 4.78 is 1.46. The summed E-state index contributed by atoms with van der Waals surface area (Å²) in [6, 6.07) is 4.63. The maximum absolute atomic E-state index is 13.0. The maximum atomic E-state index is 13.0. The fourth-order valence-electron chi connectivity index (χ4n) is 2.96. The van der Waals surface area contributed by atoms with E-state index < -0.39 is 6.04 Å². The van der Waals surface area contributed by atoms with Gasteiger partial charge in [-0.25, -0.2) is 4.98 Å². The molecular weight excluding hydrogens is 370 g/mol. The summed E-state index contributed by atoms with van der Waals surface area (Å²) in [7, 11) is 0. The van der Waals surface area contributed by atoms with Gasteiger partial charge in [-0.15, -0.1) is 11.3 Å². The molecule has 0 saturated carbocycles. The van der Waals surface area contributed by atoms with Gasteiger partial charge < -0.3 is 5.32 Å². The summed E-state index contributed by atoms with van der Waals surface area (Å²) in [5, 5.41) is 4.04. The van der Waals surface area contributed by atoms with Gasteiger partial charge in [0.2, 0.25) is 5.91 Å². The van der Waals surface area contributed by atoms with Crippen molar-refractivity contribution in [3.63, 3.8) is 0 Å². The number of carbonyl (C=O) groups excluding carboxylic acids is 1. The third-order valence-electron chi connectivity index (χ3n) is 4.70. The number of benzene rings is 1. The predicted octanol–water partition coefficient (Wildman–Crippen LogP) is 4.54. The number of carbonyl (C=O) groups is 1. The smallest absolute Gasteiger partial charge is 0.263 e. The van der Waals surface area contributed by atoms with Crippen LogP contribution in [0, 0.1) is 27.7 Å². The average molecular weight is 390 g/mol. The molecule has 7 heteroatoms. The molecule has 5 nitrogen and oxygen atoms in total. The van der Waals surface area contributed by atoms with Crippen molar-refractivity contribution in [2.75, 3.05) is 5.32 Å². The van der Waals surface area contributed by atoms with Crippen molar-refractivity contribution in [1.29, 1.82) is 0 Å². The van der Waals surface area contributed by atoms with Gasteiger partial charge in [0.15, 0.2) is 0 Å². The molecule has 1 unspecified atom stereocenters. The van der Waals surface area contributed by atoms with Crippen LogP contribution in [-0.4, -0.2) is 15.5 Å². The van der Waals surface area contributed by atoms with Crippen LogP contribution < -0.4 is 10.9 Å². The van der Waals surface area contributed by atoms with E-state index in [4.69, 9.17) is 11.6 Å². The number of fused-ring (bicyclic) bond motifs is 1. The highest BCUT2D eigenvalue weighted by Crippen LogP contribution is 2.27. The van der Waals surface area contributed by atoms with Crippen molar-refractivity contribution in [3.8, 4) is 0 Å². The van der Waals surface area contributed by atoms with Gasteiger partial charge in [0, 0.05) is 15.6 Å². The molecule has 1 aromatic carbocycles. The maximum Gasteiger partial charge on any atom is 0.263 e. The minimum absolute atomic E-state index is 0.181. The first-order valence-electron chi connectivity index (χ1n) is 8.27. The van der Waals surface area contributed by atoms with Gasteiger partial charge in [0.1, 0.15) is 16.7 Å². The zero-order valence-corrected chi connectivity index (χ0v) is 16.9. The molecule has 0 bridgehead atoms. The van der Waals surface area contributed by atoms with Crippen LogP contribution >= 0.6 is 22.9 Å². The number of thiophene rings is 1. The molecule has 0 radical (unpaired) electrons. The van der Waals surface area contributed by atoms with Crippen molar-refractivity contribution >= 4 is 44.7 Å². The van der Waals surface area contributed by atoms with E-state index in [0.29, 0.717) is 21.9 Å². The second kappa shape index (κ2) is 6.85. The Hall–Kier alpha value is -2.18. The summed E-state index contributed by atoms with van der Waals surface area (Å²) >= 11 is 7.62. The first kappa shape index (κ1) is 18.6. The Morgan fingerprint density at radius 2 is 1.92 bits per heavy atom. The number of amides is 1. The summed E-state index contributed by atoms with van der Waals surface area (Å²) in [5.41, 5.74) is 2.17. The Kier molecular flexibility index (Phi) is 4.90. The molecule has 1 amide bonds. The summed E-state index contributed by atoms with van der Waals surface area (Å²) in [5.74, 6) is 0.237. The summed E-state index contributed by atoms with van der Waals surface area (Å²) in [6.07, 6.45) is 0. The van der Waals surface area contributed by atoms with Crippen molar-refractivity contribution in [1.82, 2.24) is 9.55 Å². The molecule has 26 heavy (non-hydrogen) atoms. The highest BCUT2D eigenvalue weighted by molar-refractivity contribution is 7.18. The van der Waals surface area contributed by atoms with Gasteiger partial charge in [0.25, 0.3) is 5.56 Å². The van der Waals surface area contributed by atoms with Crippen molar-refractivity contribution in [2.24, 2.45) is 0 Å². The topological polar surface area (TPSA) is 64.0 Å². The van der Waals surface area contributed by atoms with E-state index in [9.17, 15) is 9.59 Å². The molecule has 0 aliphatic heterocycles. The second-order valence-electron chi connectivity index (χ2n) is 6.38. The van der Waals surface area contributed by atoms with Crippen molar-refractivity contribution in [3.05, 3.63) is 55.4 Å². The minimum Gasteiger partial charge on any atom is -0.324 e. The molecule has 2 aromatic heterocycles. The van der Waals surface area contributed by atoms with Crippen LogP contribution in [0.3, 0.4) is 0 Å². The van der Waals surface area contributed by atoms with E-state index in [1.54, 1.807) is 32.0 Å². The number of nitrogens with one attached hydrogen (secondary N) is 1. The third kappa shape index (κ3) is 3.04. The highest BCUT2D eigenvalue weighted by atomic mass is 35.5. The molecule has 1 N–H and O–H groups in total. The molecule has 0 aliphatic carbocycles. The highest BCUT2D eigenvalue weighted by Gasteiger charge is 2.22. The first-order chi connectivity index (χ1) is 12.2. The molecule has 1 atom stereocenters. The largest absolute Gasteiger partial charge is 0.324 e. The lowest BCUT2D eigenvalue weighted by Crippen LogP contribution is -2.34. The van der Waals surface area contributed by atoms with Crippen LogP contribution in [0.15, 0.2) is 23.0 Å². The fraction of sp³-hybridized carbons (Fsp3) is 0.316. The molecule has 0 spiro atoms. The molecule has 136 valence electrons. The Morgan fingerprint density at radius 3 is 2.62 bits per heavy atom. The van der Waals surface area contributed by atoms with Gasteiger partial charge >= 0.3 is 0 Å². The number of hydrogen-bond acceptors (Lipinski definition) is 4. The lowest BCUT2D eigenvalue weighted by molar-refractivity contribution is -0.118. The van der Waals surface area contributed by atoms with Crippen LogP contribution in [0.25, 0.3) is 10.2 Å². The van der Waals surface area contributed by atoms with Gasteiger partial charge in [-0.05, 0) is 57.9 Å². The van der Waals surface area contributed by atoms with Gasteiger partial charge in [-0.2, -0.15) is 0 Å². The normalized spacial score (nSPS) is 12.4. The SMILES string of the molecule is Cc1sc2nc(C)n(C(C)C(=O)Nc3cccc(Cl)c3C)c(=O)c2c1C. The molecule has 0 saturated heterocycles. The third-order valence-corrected chi connectivity index (χ3v) is 6.21. The summed E-state index contributed by atoms with van der Waals surface area (Å²) in [4.78, 5) is 32.1. The van der Waals surface area contributed by atoms with Crippen LogP contribution in [0.5, 0.6) is 0 Å². The summed E-state index contributed by atoms with van der Waals surface area (Å²) in [6.45, 7) is 9.17. The average Bonchev–Trinajstić information content (AvgIpc) is 2.85. The zero-order valence-electron chi connectivity index (χ0n) is 15.3. The van der Waals surface area contributed by atoms with E-state index in [-0.39, 0.29) is 11.5 Å². The van der Waals surface area contributed by atoms with Gasteiger partial charge in [-0.3, -0.25) is 14.2 Å². The van der Waals surface area contributed by atoms with Crippen LogP contribution in [0.2, 0.25) is 5.02 Å². The number of nitrogens with zero attached hydrogens (tertiary/aromatic N) is 2. The molecule has 3 rings (SSSR count). The Bertz CT molecular complexity index is 1080. The van der Waals surface area contributed by atoms with Crippen LogP contribution in [0.4, 0.5) is 5.69 Å². The van der Waals surface area contributed by atoms with Gasteiger partial charge in [0.05, 0.1) is 5.39 Å². The monoisotopic (exact) mass is 389 g/mol. The Morgan fingerprint density at radius 1 is 1.23 bits per heavy atom. The van der Waals surface area contributed by atoms with E-state index in [1.165, 1.54) is 15.9 Å². The number of halogens is 1. The number of aryl methyl sites for hydroxylation is 3. The standard InChI is InChI=1S/C19H20ClN3O2S/c1-9-12(4)26-18-16(9)19(25)23(13(5)21-18)11(3)17(24)22-15-8-6-7-14(20)10(15)2/h6-8,11H,1-5H3,(H,22,24). The van der Waals surface area contributed by atoms with Gasteiger partial charge in [-0.1, -0.05) is 17.7 Å².